The number of allylic oxidation sites excluding steroid dienone is 1. The van der Waals surface area contributed by atoms with Crippen LogP contribution in [0.4, 0.5) is 5.69 Å². The molecule has 0 spiro atoms. The molecule has 1 aliphatic carbocycles. The molecule has 6 heteroatoms. The lowest BCUT2D eigenvalue weighted by molar-refractivity contribution is 0.0383. The zero-order chi connectivity index (χ0) is 18.0. The van der Waals surface area contributed by atoms with E-state index in [2.05, 4.69) is 26.6 Å². The molecule has 0 saturated carbocycles. The molecular formula is C20H30N4O2. The lowest BCUT2D eigenvalue weighted by atomic mass is 9.97. The Morgan fingerprint density at radius 2 is 2.08 bits per heavy atom. The van der Waals surface area contributed by atoms with Crippen LogP contribution < -0.4 is 10.6 Å². The first-order valence-corrected chi connectivity index (χ1v) is 9.77. The van der Waals surface area contributed by atoms with Gasteiger partial charge in [0.05, 0.1) is 25.1 Å². The molecule has 0 atom stereocenters. The fourth-order valence-corrected chi connectivity index (χ4v) is 3.37. The molecule has 1 aromatic rings. The van der Waals surface area contributed by atoms with Crippen LogP contribution in [-0.4, -0.2) is 61.7 Å². The van der Waals surface area contributed by atoms with E-state index in [1.807, 2.05) is 6.07 Å². The van der Waals surface area contributed by atoms with Crippen molar-refractivity contribution in [1.82, 2.24) is 15.2 Å². The summed E-state index contributed by atoms with van der Waals surface area (Å²) in [6.45, 7) is 5.83. The van der Waals surface area contributed by atoms with Gasteiger partial charge >= 0.3 is 0 Å². The van der Waals surface area contributed by atoms with Crippen LogP contribution in [0.1, 0.15) is 42.6 Å². The molecule has 26 heavy (non-hydrogen) atoms. The molecule has 0 unspecified atom stereocenters. The Bertz CT molecular complexity index is 594. The molecule has 142 valence electrons. The Labute approximate surface area is 156 Å². The Kier molecular flexibility index (Phi) is 7.46. The Hall–Kier alpha value is -1.92. The lowest BCUT2D eigenvalue weighted by Crippen LogP contribution is -2.41. The van der Waals surface area contributed by atoms with Crippen LogP contribution in [0.25, 0.3) is 0 Å². The van der Waals surface area contributed by atoms with E-state index in [0.717, 1.165) is 51.5 Å². The van der Waals surface area contributed by atoms with Crippen molar-refractivity contribution in [2.75, 3.05) is 51.3 Å². The van der Waals surface area contributed by atoms with Gasteiger partial charge in [0.1, 0.15) is 5.69 Å². The van der Waals surface area contributed by atoms with Crippen LogP contribution in [-0.2, 0) is 4.74 Å². The van der Waals surface area contributed by atoms with E-state index in [1.165, 1.54) is 25.7 Å². The van der Waals surface area contributed by atoms with E-state index >= 15 is 0 Å². The van der Waals surface area contributed by atoms with Crippen LogP contribution >= 0.6 is 0 Å². The number of pyridine rings is 1. The molecule has 0 bridgehead atoms. The van der Waals surface area contributed by atoms with Gasteiger partial charge in [0.2, 0.25) is 0 Å². The molecule has 2 heterocycles. The third-order valence-corrected chi connectivity index (χ3v) is 4.97. The van der Waals surface area contributed by atoms with Crippen molar-refractivity contribution in [2.24, 2.45) is 0 Å². The van der Waals surface area contributed by atoms with Gasteiger partial charge < -0.3 is 15.4 Å². The number of carbonyl (C=O) groups excluding carboxylic acids is 1. The van der Waals surface area contributed by atoms with Gasteiger partial charge in [0, 0.05) is 32.7 Å². The normalized spacial score (nSPS) is 18.2. The average Bonchev–Trinajstić information content (AvgIpc) is 2.70. The molecule has 1 aromatic heterocycles. The molecule has 3 rings (SSSR count). The SMILES string of the molecule is O=C(NCCN1CCOCC1)c1ccc(NCCC2=CCCCC2)cn1. The summed E-state index contributed by atoms with van der Waals surface area (Å²) < 4.78 is 5.32. The summed E-state index contributed by atoms with van der Waals surface area (Å²) in [6, 6.07) is 3.71. The van der Waals surface area contributed by atoms with Gasteiger partial charge in [0.25, 0.3) is 5.91 Å². The summed E-state index contributed by atoms with van der Waals surface area (Å²) in [5.74, 6) is -0.114. The van der Waals surface area contributed by atoms with Gasteiger partial charge in [-0.3, -0.25) is 9.69 Å². The van der Waals surface area contributed by atoms with Crippen LogP contribution in [0, 0.1) is 0 Å². The second-order valence-electron chi connectivity index (χ2n) is 6.93. The average molecular weight is 358 g/mol. The monoisotopic (exact) mass is 358 g/mol. The number of amides is 1. The highest BCUT2D eigenvalue weighted by Gasteiger charge is 2.11. The standard InChI is InChI=1S/C20H30N4O2/c25-20(22-10-11-24-12-14-26-15-13-24)19-7-6-18(16-23-19)21-9-8-17-4-2-1-3-5-17/h4,6-7,16,21H,1-3,5,8-15H2,(H,22,25). The second kappa shape index (κ2) is 10.3. The number of hydrogen-bond donors (Lipinski definition) is 2. The molecule has 0 radical (unpaired) electrons. The van der Waals surface area contributed by atoms with Crippen LogP contribution in [0.3, 0.4) is 0 Å². The summed E-state index contributed by atoms with van der Waals surface area (Å²) in [5.41, 5.74) is 2.99. The predicted molar refractivity (Wildman–Crippen MR) is 103 cm³/mol. The summed E-state index contributed by atoms with van der Waals surface area (Å²) in [7, 11) is 0. The third kappa shape index (κ3) is 6.11. The quantitative estimate of drug-likeness (QED) is 0.699. The van der Waals surface area contributed by atoms with E-state index in [4.69, 9.17) is 4.74 Å². The van der Waals surface area contributed by atoms with Crippen molar-refractivity contribution in [3.63, 3.8) is 0 Å². The Balaban J connectivity index is 1.36. The summed E-state index contributed by atoms with van der Waals surface area (Å²) in [6.07, 6.45) is 10.3. The van der Waals surface area contributed by atoms with E-state index in [9.17, 15) is 4.79 Å². The van der Waals surface area contributed by atoms with Crippen molar-refractivity contribution in [3.8, 4) is 0 Å². The number of aromatic nitrogens is 1. The zero-order valence-corrected chi connectivity index (χ0v) is 15.5. The number of morpholine rings is 1. The Morgan fingerprint density at radius 3 is 2.81 bits per heavy atom. The number of hydrogen-bond acceptors (Lipinski definition) is 5. The topological polar surface area (TPSA) is 66.5 Å². The minimum atomic E-state index is -0.114. The predicted octanol–water partition coefficient (Wildman–Crippen LogP) is 2.45. The maximum atomic E-state index is 12.2. The van der Waals surface area contributed by atoms with Crippen LogP contribution in [0.2, 0.25) is 0 Å². The van der Waals surface area contributed by atoms with E-state index in [1.54, 1.807) is 17.8 Å². The molecule has 1 amide bonds. The van der Waals surface area contributed by atoms with Crippen LogP contribution in [0.5, 0.6) is 0 Å². The number of nitrogens with one attached hydrogen (secondary N) is 2. The van der Waals surface area contributed by atoms with Gasteiger partial charge in [-0.15, -0.1) is 0 Å². The van der Waals surface area contributed by atoms with Crippen molar-refractivity contribution >= 4 is 11.6 Å². The van der Waals surface area contributed by atoms with Crippen molar-refractivity contribution < 1.29 is 9.53 Å². The number of nitrogens with zero attached hydrogens (tertiary/aromatic N) is 2. The van der Waals surface area contributed by atoms with Crippen molar-refractivity contribution in [1.29, 1.82) is 0 Å². The molecule has 2 aliphatic rings. The maximum Gasteiger partial charge on any atom is 0.269 e. The molecule has 0 aromatic carbocycles. The summed E-state index contributed by atoms with van der Waals surface area (Å²) >= 11 is 0. The molecule has 1 aliphatic heterocycles. The zero-order valence-electron chi connectivity index (χ0n) is 15.5. The van der Waals surface area contributed by atoms with Crippen LogP contribution in [0.15, 0.2) is 30.0 Å². The summed E-state index contributed by atoms with van der Waals surface area (Å²) in [5, 5.41) is 6.33. The first-order chi connectivity index (χ1) is 12.8. The van der Waals surface area contributed by atoms with E-state index in [-0.39, 0.29) is 5.91 Å². The van der Waals surface area contributed by atoms with E-state index in [0.29, 0.717) is 12.2 Å². The summed E-state index contributed by atoms with van der Waals surface area (Å²) in [4.78, 5) is 18.8. The number of anilines is 1. The van der Waals surface area contributed by atoms with Gasteiger partial charge in [-0.05, 0) is 44.2 Å². The first-order valence-electron chi connectivity index (χ1n) is 9.77. The van der Waals surface area contributed by atoms with E-state index < -0.39 is 0 Å². The molecular weight excluding hydrogens is 328 g/mol. The molecule has 2 N–H and O–H groups in total. The number of carbonyl (C=O) groups is 1. The fourth-order valence-electron chi connectivity index (χ4n) is 3.37. The van der Waals surface area contributed by atoms with Crippen molar-refractivity contribution in [3.05, 3.63) is 35.7 Å². The first kappa shape index (κ1) is 18.9. The minimum Gasteiger partial charge on any atom is -0.383 e. The fraction of sp³-hybridized carbons (Fsp3) is 0.600. The van der Waals surface area contributed by atoms with Gasteiger partial charge in [-0.1, -0.05) is 11.6 Å². The van der Waals surface area contributed by atoms with Crippen molar-refractivity contribution in [2.45, 2.75) is 32.1 Å². The molecule has 1 fully saturated rings. The smallest absolute Gasteiger partial charge is 0.269 e. The largest absolute Gasteiger partial charge is 0.383 e. The van der Waals surface area contributed by atoms with Gasteiger partial charge in [0.15, 0.2) is 0 Å². The number of ether oxygens (including phenoxy) is 1. The van der Waals surface area contributed by atoms with Gasteiger partial charge in [-0.25, -0.2) is 4.98 Å². The molecule has 6 nitrogen and oxygen atoms in total. The lowest BCUT2D eigenvalue weighted by Gasteiger charge is -2.26. The maximum absolute atomic E-state index is 12.2. The Morgan fingerprint density at radius 1 is 1.19 bits per heavy atom. The number of rotatable bonds is 8. The minimum absolute atomic E-state index is 0.114. The third-order valence-electron chi connectivity index (χ3n) is 4.97. The van der Waals surface area contributed by atoms with Gasteiger partial charge in [-0.2, -0.15) is 0 Å². The highest BCUT2D eigenvalue weighted by atomic mass is 16.5. The second-order valence-corrected chi connectivity index (χ2v) is 6.93. The highest BCUT2D eigenvalue weighted by molar-refractivity contribution is 5.92. The molecule has 1 saturated heterocycles. The highest BCUT2D eigenvalue weighted by Crippen LogP contribution is 2.20.